The fourth-order valence-corrected chi connectivity index (χ4v) is 2.74. The van der Waals surface area contributed by atoms with E-state index in [1.54, 1.807) is 4.90 Å². The summed E-state index contributed by atoms with van der Waals surface area (Å²) >= 11 is 0. The van der Waals surface area contributed by atoms with E-state index >= 15 is 0 Å². The van der Waals surface area contributed by atoms with Crippen molar-refractivity contribution in [1.29, 1.82) is 0 Å². The van der Waals surface area contributed by atoms with Crippen LogP contribution in [-0.2, 0) is 9.53 Å². The molecule has 7 heteroatoms. The maximum atomic E-state index is 12.4. The number of carbonyl (C=O) groups excluding carboxylic acids is 2. The van der Waals surface area contributed by atoms with Crippen molar-refractivity contribution in [2.24, 2.45) is 5.73 Å². The summed E-state index contributed by atoms with van der Waals surface area (Å²) in [4.78, 5) is 25.2. The summed E-state index contributed by atoms with van der Waals surface area (Å²) in [5.74, 6) is 0.255. The molecule has 3 amide bonds. The number of hydrogen-bond donors (Lipinski definition) is 2. The van der Waals surface area contributed by atoms with E-state index in [0.717, 1.165) is 11.3 Å². The molecule has 2 unspecified atom stereocenters. The van der Waals surface area contributed by atoms with Gasteiger partial charge in [0.15, 0.2) is 6.10 Å². The lowest BCUT2D eigenvalue weighted by Crippen LogP contribution is -2.53. The third kappa shape index (κ3) is 2.99. The van der Waals surface area contributed by atoms with Crippen LogP contribution in [-0.4, -0.2) is 49.2 Å². The lowest BCUT2D eigenvalue weighted by Gasteiger charge is -2.34. The Morgan fingerprint density at radius 3 is 2.91 bits per heavy atom. The van der Waals surface area contributed by atoms with Gasteiger partial charge in [0.05, 0.1) is 25.8 Å². The molecule has 1 saturated heterocycles. The van der Waals surface area contributed by atoms with Crippen molar-refractivity contribution in [2.75, 3.05) is 26.3 Å². The zero-order chi connectivity index (χ0) is 15.5. The third-order valence-electron chi connectivity index (χ3n) is 3.93. The van der Waals surface area contributed by atoms with Gasteiger partial charge in [-0.05, 0) is 6.07 Å². The van der Waals surface area contributed by atoms with Crippen LogP contribution >= 0.6 is 0 Å². The number of hydrogen-bond acceptors (Lipinski definition) is 4. The van der Waals surface area contributed by atoms with Gasteiger partial charge >= 0.3 is 6.03 Å². The smallest absolute Gasteiger partial charge is 0.318 e. The highest BCUT2D eigenvalue weighted by atomic mass is 16.5. The Bertz CT molecular complexity index is 578. The molecule has 3 N–H and O–H groups in total. The third-order valence-corrected chi connectivity index (χ3v) is 3.93. The predicted molar refractivity (Wildman–Crippen MR) is 78.3 cm³/mol. The summed E-state index contributed by atoms with van der Waals surface area (Å²) in [6, 6.07) is 7.37. The first-order chi connectivity index (χ1) is 10.6. The number of urea groups is 1. The number of rotatable bonds is 2. The van der Waals surface area contributed by atoms with E-state index in [2.05, 4.69) is 5.32 Å². The minimum Gasteiger partial charge on any atom is -0.493 e. The SMILES string of the molecule is NC(=O)C1CN(C(=O)NC2CCOc3ccccc32)CCO1. The van der Waals surface area contributed by atoms with Gasteiger partial charge in [0.1, 0.15) is 5.75 Å². The molecule has 0 saturated carbocycles. The first-order valence-corrected chi connectivity index (χ1v) is 7.33. The molecule has 0 aliphatic carbocycles. The first kappa shape index (κ1) is 14.6. The van der Waals surface area contributed by atoms with Crippen LogP contribution in [0.4, 0.5) is 4.79 Å². The van der Waals surface area contributed by atoms with E-state index in [-0.39, 0.29) is 18.6 Å². The van der Waals surface area contributed by atoms with Gasteiger partial charge in [-0.25, -0.2) is 4.79 Å². The summed E-state index contributed by atoms with van der Waals surface area (Å²) in [5.41, 5.74) is 6.21. The highest BCUT2D eigenvalue weighted by Gasteiger charge is 2.30. The van der Waals surface area contributed by atoms with Gasteiger partial charge in [-0.15, -0.1) is 0 Å². The second-order valence-electron chi connectivity index (χ2n) is 5.38. The van der Waals surface area contributed by atoms with Crippen LogP contribution in [0.3, 0.4) is 0 Å². The van der Waals surface area contributed by atoms with Crippen LogP contribution in [0, 0.1) is 0 Å². The predicted octanol–water partition coefficient (Wildman–Crippen LogP) is 0.406. The van der Waals surface area contributed by atoms with Gasteiger partial charge in [0.2, 0.25) is 5.91 Å². The molecule has 0 spiro atoms. The summed E-state index contributed by atoms with van der Waals surface area (Å²) in [6.07, 6.45) is -0.0201. The van der Waals surface area contributed by atoms with Crippen LogP contribution < -0.4 is 15.8 Å². The van der Waals surface area contributed by atoms with Crippen LogP contribution in [0.2, 0.25) is 0 Å². The normalized spacial score (nSPS) is 24.1. The zero-order valence-electron chi connectivity index (χ0n) is 12.2. The summed E-state index contributed by atoms with van der Waals surface area (Å²) < 4.78 is 10.8. The topological polar surface area (TPSA) is 93.9 Å². The number of morpholine rings is 1. The second-order valence-corrected chi connectivity index (χ2v) is 5.38. The average molecular weight is 305 g/mol. The Balaban J connectivity index is 1.66. The minimum absolute atomic E-state index is 0.0904. The fourth-order valence-electron chi connectivity index (χ4n) is 2.74. The molecule has 2 atom stereocenters. The van der Waals surface area contributed by atoms with Crippen molar-refractivity contribution >= 4 is 11.9 Å². The van der Waals surface area contributed by atoms with E-state index in [9.17, 15) is 9.59 Å². The number of ether oxygens (including phenoxy) is 2. The Morgan fingerprint density at radius 2 is 2.09 bits per heavy atom. The van der Waals surface area contributed by atoms with Gasteiger partial charge in [-0.2, -0.15) is 0 Å². The number of fused-ring (bicyclic) bond motifs is 1. The van der Waals surface area contributed by atoms with Crippen molar-refractivity contribution in [3.8, 4) is 5.75 Å². The van der Waals surface area contributed by atoms with Crippen molar-refractivity contribution in [3.05, 3.63) is 29.8 Å². The highest BCUT2D eigenvalue weighted by molar-refractivity contribution is 5.81. The number of nitrogens with one attached hydrogen (secondary N) is 1. The van der Waals surface area contributed by atoms with E-state index in [1.165, 1.54) is 0 Å². The Morgan fingerprint density at radius 1 is 1.27 bits per heavy atom. The quantitative estimate of drug-likeness (QED) is 0.827. The Hall–Kier alpha value is -2.28. The van der Waals surface area contributed by atoms with E-state index in [1.807, 2.05) is 24.3 Å². The Labute approximate surface area is 128 Å². The monoisotopic (exact) mass is 305 g/mol. The number of nitrogens with two attached hydrogens (primary N) is 1. The standard InChI is InChI=1S/C15H19N3O4/c16-14(19)13-9-18(6-8-22-13)15(20)17-11-5-7-21-12-4-2-1-3-10(11)12/h1-4,11,13H,5-9H2,(H2,16,19)(H,17,20). The van der Waals surface area contributed by atoms with Gasteiger partial charge in [0, 0.05) is 18.5 Å². The van der Waals surface area contributed by atoms with Gasteiger partial charge < -0.3 is 25.4 Å². The second kappa shape index (κ2) is 6.23. The molecule has 118 valence electrons. The van der Waals surface area contributed by atoms with Crippen LogP contribution in [0.5, 0.6) is 5.75 Å². The largest absolute Gasteiger partial charge is 0.493 e. The lowest BCUT2D eigenvalue weighted by atomic mass is 10.0. The average Bonchev–Trinajstić information content (AvgIpc) is 2.55. The molecule has 2 aliphatic rings. The molecular weight excluding hydrogens is 286 g/mol. The molecule has 22 heavy (non-hydrogen) atoms. The summed E-state index contributed by atoms with van der Waals surface area (Å²) in [5, 5.41) is 3.00. The summed E-state index contributed by atoms with van der Waals surface area (Å²) in [6.45, 7) is 1.51. The van der Waals surface area contributed by atoms with E-state index in [4.69, 9.17) is 15.2 Å². The molecule has 1 aromatic carbocycles. The maximum Gasteiger partial charge on any atom is 0.318 e. The van der Waals surface area contributed by atoms with Gasteiger partial charge in [-0.1, -0.05) is 18.2 Å². The molecule has 7 nitrogen and oxygen atoms in total. The van der Waals surface area contributed by atoms with Crippen LogP contribution in [0.25, 0.3) is 0 Å². The number of carbonyl (C=O) groups is 2. The van der Waals surface area contributed by atoms with Crippen LogP contribution in [0.1, 0.15) is 18.0 Å². The van der Waals surface area contributed by atoms with Crippen LogP contribution in [0.15, 0.2) is 24.3 Å². The number of benzene rings is 1. The molecule has 0 bridgehead atoms. The van der Waals surface area contributed by atoms with Crippen molar-refractivity contribution in [2.45, 2.75) is 18.6 Å². The molecule has 0 radical (unpaired) electrons. The number of amides is 3. The number of para-hydroxylation sites is 1. The fraction of sp³-hybridized carbons (Fsp3) is 0.467. The summed E-state index contributed by atoms with van der Waals surface area (Å²) in [7, 11) is 0. The molecule has 3 rings (SSSR count). The van der Waals surface area contributed by atoms with Gasteiger partial charge in [0.25, 0.3) is 0 Å². The van der Waals surface area contributed by atoms with Gasteiger partial charge in [-0.3, -0.25) is 4.79 Å². The zero-order valence-corrected chi connectivity index (χ0v) is 12.2. The van der Waals surface area contributed by atoms with Crippen molar-refractivity contribution < 1.29 is 19.1 Å². The highest BCUT2D eigenvalue weighted by Crippen LogP contribution is 2.31. The Kier molecular flexibility index (Phi) is 4.15. The first-order valence-electron chi connectivity index (χ1n) is 7.33. The molecule has 1 fully saturated rings. The number of nitrogens with zero attached hydrogens (tertiary/aromatic N) is 1. The lowest BCUT2D eigenvalue weighted by molar-refractivity contribution is -0.133. The molecule has 0 aromatic heterocycles. The molecular formula is C15H19N3O4. The molecule has 2 heterocycles. The van der Waals surface area contributed by atoms with E-state index in [0.29, 0.717) is 26.2 Å². The molecule has 2 aliphatic heterocycles. The van der Waals surface area contributed by atoms with Crippen molar-refractivity contribution in [3.63, 3.8) is 0 Å². The van der Waals surface area contributed by atoms with E-state index < -0.39 is 12.0 Å². The minimum atomic E-state index is -0.735. The number of primary amides is 1. The maximum absolute atomic E-state index is 12.4. The van der Waals surface area contributed by atoms with Crippen molar-refractivity contribution in [1.82, 2.24) is 10.2 Å². The molecule has 1 aromatic rings.